The van der Waals surface area contributed by atoms with Gasteiger partial charge < -0.3 is 4.74 Å². The lowest BCUT2D eigenvalue weighted by Crippen LogP contribution is -2.08. The monoisotopic (exact) mass is 365 g/mol. The smallest absolute Gasteiger partial charge is 0.343 e. The number of carbonyl (C=O) groups excluding carboxylic acids is 1. The summed E-state index contributed by atoms with van der Waals surface area (Å²) in [5.41, 5.74) is 1.02. The Hall–Kier alpha value is -3.25. The Balaban J connectivity index is 1.69. The van der Waals surface area contributed by atoms with Crippen LogP contribution in [0.15, 0.2) is 94.2 Å². The van der Waals surface area contributed by atoms with Gasteiger partial charge in [-0.1, -0.05) is 36.4 Å². The molecule has 0 aliphatic carbocycles. The van der Waals surface area contributed by atoms with Crippen LogP contribution in [-0.4, -0.2) is 20.6 Å². The summed E-state index contributed by atoms with van der Waals surface area (Å²) in [6, 6.07) is 23.0. The maximum Gasteiger partial charge on any atom is 0.343 e. The molecule has 0 aromatic heterocycles. The Morgan fingerprint density at radius 1 is 0.808 bits per heavy atom. The first kappa shape index (κ1) is 17.6. The van der Waals surface area contributed by atoms with E-state index >= 15 is 0 Å². The molecule has 0 amide bonds. The summed E-state index contributed by atoms with van der Waals surface area (Å²) in [5, 5.41) is 0. The number of sulfonamides is 1. The fourth-order valence-electron chi connectivity index (χ4n) is 2.15. The normalized spacial score (nSPS) is 11.4. The van der Waals surface area contributed by atoms with Gasteiger partial charge in [0.1, 0.15) is 5.75 Å². The minimum Gasteiger partial charge on any atom is -0.423 e. The standard InChI is InChI=1S/C20H15NO4S/c22-20(17-7-3-1-4-8-17)25-18-13-11-16(12-14-18)15-21-26(23,24)19-9-5-2-6-10-19/h1-15H/b21-15-. The van der Waals surface area contributed by atoms with Crippen molar-refractivity contribution in [3.05, 3.63) is 96.1 Å². The zero-order valence-corrected chi connectivity index (χ0v) is 14.5. The minimum atomic E-state index is -3.74. The van der Waals surface area contributed by atoms with Crippen molar-refractivity contribution in [2.45, 2.75) is 4.90 Å². The van der Waals surface area contributed by atoms with Crippen LogP contribution < -0.4 is 4.74 Å². The van der Waals surface area contributed by atoms with Crippen molar-refractivity contribution in [2.75, 3.05) is 0 Å². The maximum absolute atomic E-state index is 12.1. The van der Waals surface area contributed by atoms with Crippen molar-refractivity contribution in [1.82, 2.24) is 0 Å². The molecule has 5 nitrogen and oxygen atoms in total. The van der Waals surface area contributed by atoms with Crippen LogP contribution in [0.1, 0.15) is 15.9 Å². The minimum absolute atomic E-state index is 0.129. The first-order chi connectivity index (χ1) is 12.5. The topological polar surface area (TPSA) is 72.8 Å². The van der Waals surface area contributed by atoms with E-state index in [1.807, 2.05) is 6.07 Å². The lowest BCUT2D eigenvalue weighted by atomic mass is 10.2. The molecular weight excluding hydrogens is 350 g/mol. The van der Waals surface area contributed by atoms with Crippen molar-refractivity contribution in [3.8, 4) is 5.75 Å². The lowest BCUT2D eigenvalue weighted by molar-refractivity contribution is 0.0734. The van der Waals surface area contributed by atoms with Gasteiger partial charge in [0.15, 0.2) is 0 Å². The molecule has 0 heterocycles. The molecule has 3 aromatic carbocycles. The molecule has 0 saturated carbocycles. The van der Waals surface area contributed by atoms with Crippen LogP contribution in [0.25, 0.3) is 0 Å². The fourth-order valence-corrected chi connectivity index (χ4v) is 3.03. The molecule has 0 unspecified atom stereocenters. The molecule has 0 aliphatic rings. The van der Waals surface area contributed by atoms with E-state index in [1.54, 1.807) is 66.7 Å². The third-order valence-corrected chi connectivity index (χ3v) is 4.73. The molecule has 6 heteroatoms. The van der Waals surface area contributed by atoms with Gasteiger partial charge in [0.2, 0.25) is 0 Å². The predicted molar refractivity (Wildman–Crippen MR) is 99.1 cm³/mol. The second kappa shape index (κ2) is 7.76. The number of ether oxygens (including phenoxy) is 1. The maximum atomic E-state index is 12.1. The van der Waals surface area contributed by atoms with E-state index in [0.717, 1.165) is 0 Å². The summed E-state index contributed by atoms with van der Waals surface area (Å²) >= 11 is 0. The molecule has 3 rings (SSSR count). The highest BCUT2D eigenvalue weighted by molar-refractivity contribution is 7.90. The van der Waals surface area contributed by atoms with Gasteiger partial charge in [0.25, 0.3) is 10.0 Å². The Labute approximate surface area is 151 Å². The van der Waals surface area contributed by atoms with Crippen LogP contribution in [-0.2, 0) is 10.0 Å². The molecule has 0 saturated heterocycles. The quantitative estimate of drug-likeness (QED) is 0.392. The zero-order chi connectivity index (χ0) is 18.4. The average Bonchev–Trinajstić information content (AvgIpc) is 2.69. The molecule has 0 bridgehead atoms. The van der Waals surface area contributed by atoms with Gasteiger partial charge in [-0.3, -0.25) is 0 Å². The number of nitrogens with zero attached hydrogens (tertiary/aromatic N) is 1. The Bertz CT molecular complexity index is 1010. The second-order valence-electron chi connectivity index (χ2n) is 5.35. The summed E-state index contributed by atoms with van der Waals surface area (Å²) in [4.78, 5) is 12.1. The van der Waals surface area contributed by atoms with Crippen molar-refractivity contribution < 1.29 is 17.9 Å². The third-order valence-electron chi connectivity index (χ3n) is 3.48. The van der Waals surface area contributed by atoms with Gasteiger partial charge in [0.05, 0.1) is 10.5 Å². The van der Waals surface area contributed by atoms with Gasteiger partial charge in [-0.2, -0.15) is 12.8 Å². The van der Waals surface area contributed by atoms with Gasteiger partial charge in [-0.05, 0) is 54.1 Å². The summed E-state index contributed by atoms with van der Waals surface area (Å²) in [6.07, 6.45) is 1.26. The molecule has 3 aromatic rings. The van der Waals surface area contributed by atoms with E-state index in [1.165, 1.54) is 18.3 Å². The first-order valence-corrected chi connectivity index (χ1v) is 9.21. The third kappa shape index (κ3) is 4.43. The SMILES string of the molecule is O=C(Oc1ccc(/C=N\S(=O)(=O)c2ccccc2)cc1)c1ccccc1. The second-order valence-corrected chi connectivity index (χ2v) is 6.98. The summed E-state index contributed by atoms with van der Waals surface area (Å²) < 4.78 is 33.2. The molecule has 26 heavy (non-hydrogen) atoms. The Morgan fingerprint density at radius 2 is 1.38 bits per heavy atom. The van der Waals surface area contributed by atoms with Gasteiger partial charge >= 0.3 is 5.97 Å². The summed E-state index contributed by atoms with van der Waals surface area (Å²) in [5.74, 6) is -0.0967. The van der Waals surface area contributed by atoms with Crippen LogP contribution in [0.3, 0.4) is 0 Å². The van der Waals surface area contributed by atoms with E-state index < -0.39 is 16.0 Å². The van der Waals surface area contributed by atoms with E-state index in [9.17, 15) is 13.2 Å². The van der Waals surface area contributed by atoms with Crippen LogP contribution in [0, 0.1) is 0 Å². The van der Waals surface area contributed by atoms with Crippen LogP contribution in [0.2, 0.25) is 0 Å². The molecule has 0 radical (unpaired) electrons. The first-order valence-electron chi connectivity index (χ1n) is 7.77. The van der Waals surface area contributed by atoms with Gasteiger partial charge in [0, 0.05) is 6.21 Å². The molecule has 0 aliphatic heterocycles. The van der Waals surface area contributed by atoms with Crippen LogP contribution in [0.5, 0.6) is 5.75 Å². The number of rotatable bonds is 5. The van der Waals surface area contributed by atoms with E-state index in [-0.39, 0.29) is 4.90 Å². The fraction of sp³-hybridized carbons (Fsp3) is 0. The van der Waals surface area contributed by atoms with Crippen molar-refractivity contribution in [2.24, 2.45) is 4.40 Å². The van der Waals surface area contributed by atoms with E-state index in [4.69, 9.17) is 4.74 Å². The van der Waals surface area contributed by atoms with Gasteiger partial charge in [-0.25, -0.2) is 4.79 Å². The number of benzene rings is 3. The van der Waals surface area contributed by atoms with E-state index in [2.05, 4.69) is 4.40 Å². The van der Waals surface area contributed by atoms with E-state index in [0.29, 0.717) is 16.9 Å². The van der Waals surface area contributed by atoms with Crippen molar-refractivity contribution in [1.29, 1.82) is 0 Å². The van der Waals surface area contributed by atoms with Crippen molar-refractivity contribution in [3.63, 3.8) is 0 Å². The number of hydrogen-bond acceptors (Lipinski definition) is 4. The molecule has 0 fully saturated rings. The highest BCUT2D eigenvalue weighted by Crippen LogP contribution is 2.15. The summed E-state index contributed by atoms with van der Waals surface area (Å²) in [7, 11) is -3.74. The van der Waals surface area contributed by atoms with Crippen molar-refractivity contribution >= 4 is 22.2 Å². The van der Waals surface area contributed by atoms with Crippen LogP contribution >= 0.6 is 0 Å². The average molecular weight is 365 g/mol. The van der Waals surface area contributed by atoms with Crippen LogP contribution in [0.4, 0.5) is 0 Å². The Morgan fingerprint density at radius 3 is 2.00 bits per heavy atom. The molecule has 0 N–H and O–H groups in total. The highest BCUT2D eigenvalue weighted by Gasteiger charge is 2.10. The molecule has 0 atom stereocenters. The molecular formula is C20H15NO4S. The number of hydrogen-bond donors (Lipinski definition) is 0. The number of carbonyl (C=O) groups is 1. The predicted octanol–water partition coefficient (Wildman–Crippen LogP) is 3.71. The number of esters is 1. The highest BCUT2D eigenvalue weighted by atomic mass is 32.2. The molecule has 130 valence electrons. The zero-order valence-electron chi connectivity index (χ0n) is 13.6. The largest absolute Gasteiger partial charge is 0.423 e. The Kier molecular flexibility index (Phi) is 5.24. The lowest BCUT2D eigenvalue weighted by Gasteiger charge is -2.04. The van der Waals surface area contributed by atoms with Gasteiger partial charge in [-0.15, -0.1) is 0 Å². The summed E-state index contributed by atoms with van der Waals surface area (Å²) in [6.45, 7) is 0. The molecule has 0 spiro atoms.